The molecule has 1 heterocycles. The molecule has 0 aromatic heterocycles. The minimum atomic E-state index is 0.109. The van der Waals surface area contributed by atoms with Gasteiger partial charge in [-0.3, -0.25) is 0 Å². The lowest BCUT2D eigenvalue weighted by Crippen LogP contribution is -2.11. The van der Waals surface area contributed by atoms with Crippen molar-refractivity contribution in [1.82, 2.24) is 0 Å². The van der Waals surface area contributed by atoms with Crippen molar-refractivity contribution in [3.05, 3.63) is 35.4 Å². The molecule has 0 N–H and O–H groups in total. The predicted molar refractivity (Wildman–Crippen MR) is 81.9 cm³/mol. The van der Waals surface area contributed by atoms with Crippen LogP contribution in [0.4, 0.5) is 0 Å². The first-order chi connectivity index (χ1) is 8.97. The number of halogens is 1. The highest BCUT2D eigenvalue weighted by atomic mass is 35.5. The van der Waals surface area contributed by atoms with Crippen LogP contribution in [-0.2, 0) is 10.2 Å². The summed E-state index contributed by atoms with van der Waals surface area (Å²) in [5.41, 5.74) is 2.80. The van der Waals surface area contributed by atoms with E-state index in [1.54, 1.807) is 0 Å². The monoisotopic (exact) mass is 280 g/mol. The predicted octanol–water partition coefficient (Wildman–Crippen LogP) is 5.22. The molecule has 1 saturated heterocycles. The molecule has 1 aromatic rings. The number of hydrogen-bond donors (Lipinski definition) is 0. The second kappa shape index (κ2) is 6.28. The SMILES string of the molecule is CC(C)(C)c1ccc(C(Cl)CCC2CCCO2)cc1. The fourth-order valence-electron chi connectivity index (χ4n) is 2.56. The highest BCUT2D eigenvalue weighted by molar-refractivity contribution is 6.20. The number of hydrogen-bond acceptors (Lipinski definition) is 1. The van der Waals surface area contributed by atoms with Gasteiger partial charge in [0, 0.05) is 6.61 Å². The van der Waals surface area contributed by atoms with Crippen LogP contribution in [0.3, 0.4) is 0 Å². The van der Waals surface area contributed by atoms with Gasteiger partial charge in [-0.2, -0.15) is 0 Å². The highest BCUT2D eigenvalue weighted by Gasteiger charge is 2.18. The van der Waals surface area contributed by atoms with Gasteiger partial charge in [-0.05, 0) is 42.2 Å². The minimum absolute atomic E-state index is 0.109. The molecule has 0 bridgehead atoms. The van der Waals surface area contributed by atoms with Gasteiger partial charge in [-0.25, -0.2) is 0 Å². The largest absolute Gasteiger partial charge is 0.378 e. The first kappa shape index (κ1) is 14.9. The van der Waals surface area contributed by atoms with E-state index in [0.29, 0.717) is 6.10 Å². The van der Waals surface area contributed by atoms with Crippen LogP contribution in [0.15, 0.2) is 24.3 Å². The number of rotatable bonds is 4. The summed E-state index contributed by atoms with van der Waals surface area (Å²) < 4.78 is 5.64. The Hall–Kier alpha value is -0.530. The summed E-state index contributed by atoms with van der Waals surface area (Å²) >= 11 is 6.50. The van der Waals surface area contributed by atoms with Crippen LogP contribution >= 0.6 is 11.6 Å². The summed E-state index contributed by atoms with van der Waals surface area (Å²) in [7, 11) is 0. The van der Waals surface area contributed by atoms with Gasteiger partial charge in [0.15, 0.2) is 0 Å². The normalized spacial score (nSPS) is 21.6. The molecule has 1 nitrogen and oxygen atoms in total. The lowest BCUT2D eigenvalue weighted by Gasteiger charge is -2.20. The summed E-state index contributed by atoms with van der Waals surface area (Å²) in [5, 5.41) is 0.109. The fourth-order valence-corrected chi connectivity index (χ4v) is 2.83. The van der Waals surface area contributed by atoms with Crippen molar-refractivity contribution >= 4 is 11.6 Å². The molecule has 0 saturated carbocycles. The zero-order chi connectivity index (χ0) is 13.9. The van der Waals surface area contributed by atoms with Gasteiger partial charge in [0.05, 0.1) is 11.5 Å². The van der Waals surface area contributed by atoms with Crippen molar-refractivity contribution in [2.24, 2.45) is 0 Å². The molecule has 1 aliphatic rings. The van der Waals surface area contributed by atoms with Gasteiger partial charge in [-0.1, -0.05) is 45.0 Å². The van der Waals surface area contributed by atoms with E-state index in [-0.39, 0.29) is 10.8 Å². The third-order valence-corrected chi connectivity index (χ3v) is 4.37. The maximum absolute atomic E-state index is 6.50. The second-order valence-electron chi connectivity index (χ2n) is 6.55. The maximum Gasteiger partial charge on any atom is 0.0586 e. The van der Waals surface area contributed by atoms with Crippen molar-refractivity contribution in [3.8, 4) is 0 Å². The van der Waals surface area contributed by atoms with E-state index >= 15 is 0 Å². The summed E-state index contributed by atoms with van der Waals surface area (Å²) in [6.07, 6.45) is 4.93. The second-order valence-corrected chi connectivity index (χ2v) is 7.08. The average molecular weight is 281 g/mol. The molecule has 19 heavy (non-hydrogen) atoms. The van der Waals surface area contributed by atoms with Crippen LogP contribution in [0.25, 0.3) is 0 Å². The quantitative estimate of drug-likeness (QED) is 0.687. The summed E-state index contributed by atoms with van der Waals surface area (Å²) in [6.45, 7) is 7.63. The van der Waals surface area contributed by atoms with E-state index in [0.717, 1.165) is 19.4 Å². The van der Waals surface area contributed by atoms with Crippen molar-refractivity contribution in [1.29, 1.82) is 0 Å². The molecule has 0 aliphatic carbocycles. The van der Waals surface area contributed by atoms with Gasteiger partial charge < -0.3 is 4.74 Å². The van der Waals surface area contributed by atoms with Gasteiger partial charge in [-0.15, -0.1) is 11.6 Å². The number of alkyl halides is 1. The molecule has 2 heteroatoms. The van der Waals surface area contributed by atoms with E-state index in [2.05, 4.69) is 45.0 Å². The van der Waals surface area contributed by atoms with Crippen molar-refractivity contribution in [2.45, 2.75) is 63.4 Å². The van der Waals surface area contributed by atoms with Crippen LogP contribution in [-0.4, -0.2) is 12.7 Å². The third-order valence-electron chi connectivity index (χ3n) is 3.90. The van der Waals surface area contributed by atoms with E-state index in [1.807, 2.05) is 0 Å². The molecule has 0 amide bonds. The Balaban J connectivity index is 1.89. The Labute approximate surface area is 122 Å². The number of ether oxygens (including phenoxy) is 1. The Kier molecular flexibility index (Phi) is 4.92. The topological polar surface area (TPSA) is 9.23 Å². The van der Waals surface area contributed by atoms with Gasteiger partial charge in [0.1, 0.15) is 0 Å². The van der Waals surface area contributed by atoms with Gasteiger partial charge in [0.25, 0.3) is 0 Å². The standard InChI is InChI=1S/C17H25ClO/c1-17(2,3)14-8-6-13(7-9-14)16(18)11-10-15-5-4-12-19-15/h6-9,15-16H,4-5,10-12H2,1-3H3. The van der Waals surface area contributed by atoms with Crippen LogP contribution < -0.4 is 0 Å². The Morgan fingerprint density at radius 1 is 1.26 bits per heavy atom. The molecule has 2 rings (SSSR count). The first-order valence-corrected chi connectivity index (χ1v) is 7.76. The molecule has 1 aliphatic heterocycles. The maximum atomic E-state index is 6.50. The van der Waals surface area contributed by atoms with Crippen LogP contribution in [0.2, 0.25) is 0 Å². The average Bonchev–Trinajstić information content (AvgIpc) is 2.88. The molecule has 106 valence electrons. The Morgan fingerprint density at radius 3 is 2.47 bits per heavy atom. The van der Waals surface area contributed by atoms with E-state index < -0.39 is 0 Å². The molecule has 1 fully saturated rings. The van der Waals surface area contributed by atoms with Crippen molar-refractivity contribution < 1.29 is 4.74 Å². The van der Waals surface area contributed by atoms with E-state index in [9.17, 15) is 0 Å². The summed E-state index contributed by atoms with van der Waals surface area (Å²) in [5.74, 6) is 0. The van der Waals surface area contributed by atoms with Crippen LogP contribution in [0.5, 0.6) is 0 Å². The molecular formula is C17H25ClO. The van der Waals surface area contributed by atoms with E-state index in [1.165, 1.54) is 24.0 Å². The molecule has 2 unspecified atom stereocenters. The lowest BCUT2D eigenvalue weighted by atomic mass is 9.86. The van der Waals surface area contributed by atoms with Gasteiger partial charge in [0.2, 0.25) is 0 Å². The van der Waals surface area contributed by atoms with Crippen molar-refractivity contribution in [2.75, 3.05) is 6.61 Å². The Morgan fingerprint density at radius 2 is 1.95 bits per heavy atom. The lowest BCUT2D eigenvalue weighted by molar-refractivity contribution is 0.102. The first-order valence-electron chi connectivity index (χ1n) is 7.33. The van der Waals surface area contributed by atoms with Gasteiger partial charge >= 0.3 is 0 Å². The summed E-state index contributed by atoms with van der Waals surface area (Å²) in [4.78, 5) is 0. The zero-order valence-corrected chi connectivity index (χ0v) is 13.0. The summed E-state index contributed by atoms with van der Waals surface area (Å²) in [6, 6.07) is 8.76. The van der Waals surface area contributed by atoms with Crippen LogP contribution in [0.1, 0.15) is 63.0 Å². The molecular weight excluding hydrogens is 256 g/mol. The molecule has 0 radical (unpaired) electrons. The Bertz CT molecular complexity index is 385. The number of benzene rings is 1. The fraction of sp³-hybridized carbons (Fsp3) is 0.647. The molecule has 0 spiro atoms. The zero-order valence-electron chi connectivity index (χ0n) is 12.3. The highest BCUT2D eigenvalue weighted by Crippen LogP contribution is 2.30. The smallest absolute Gasteiger partial charge is 0.0586 e. The minimum Gasteiger partial charge on any atom is -0.378 e. The van der Waals surface area contributed by atoms with E-state index in [4.69, 9.17) is 16.3 Å². The third kappa shape index (κ3) is 4.22. The van der Waals surface area contributed by atoms with Crippen LogP contribution in [0, 0.1) is 0 Å². The van der Waals surface area contributed by atoms with Crippen molar-refractivity contribution in [3.63, 3.8) is 0 Å². The molecule has 2 atom stereocenters. The molecule has 1 aromatic carbocycles.